The number of fused-ring (bicyclic) bond motifs is 1. The second-order valence-electron chi connectivity index (χ2n) is 7.83. The molecule has 2 aromatic heterocycles. The monoisotopic (exact) mass is 458 g/mol. The number of carboxylic acids is 1. The molecule has 0 amide bonds. The van der Waals surface area contributed by atoms with E-state index in [9.17, 15) is 25.2 Å². The van der Waals surface area contributed by atoms with Crippen LogP contribution in [-0.2, 0) is 16.0 Å². The number of hydrogen-bond acceptors (Lipinski definition) is 10. The Hall–Kier alpha value is -3.32. The highest BCUT2D eigenvalue weighted by atomic mass is 16.6. The van der Waals surface area contributed by atoms with E-state index in [2.05, 4.69) is 15.0 Å². The number of anilines is 2. The second-order valence-corrected chi connectivity index (χ2v) is 7.83. The topological polar surface area (TPSA) is 180 Å². The maximum atomic E-state index is 11.2. The Morgan fingerprint density at radius 1 is 1.15 bits per heavy atom. The van der Waals surface area contributed by atoms with E-state index in [0.717, 1.165) is 5.56 Å². The van der Waals surface area contributed by atoms with Gasteiger partial charge in [0.1, 0.15) is 23.8 Å². The van der Waals surface area contributed by atoms with Crippen molar-refractivity contribution in [1.82, 2.24) is 19.5 Å². The molecule has 176 valence electrons. The summed E-state index contributed by atoms with van der Waals surface area (Å²) < 4.78 is 7.02. The molecular weight excluding hydrogens is 432 g/mol. The first-order chi connectivity index (χ1) is 15.9. The van der Waals surface area contributed by atoms with Crippen molar-refractivity contribution < 1.29 is 30.0 Å². The first kappa shape index (κ1) is 22.9. The van der Waals surface area contributed by atoms with Crippen LogP contribution in [0.5, 0.6) is 0 Å². The van der Waals surface area contributed by atoms with E-state index in [0.29, 0.717) is 13.0 Å². The van der Waals surface area contributed by atoms with Gasteiger partial charge >= 0.3 is 5.97 Å². The molecule has 1 aliphatic rings. The standard InChI is InChI=1S/C21H26N6O6/c22-18-15-19(27(11-23-15)20-17(32)16(31)13(10-28)33-20)25-21(24-18)26(9-7-14(29)30)8-6-12-4-2-1-3-5-12/h1-5,11,13,16-17,20,28,31-32H,6-10H2,(H,29,30)(H2,22,24,25)/t13-,16?,17?,20-/m1/s1. The minimum Gasteiger partial charge on any atom is -0.481 e. The summed E-state index contributed by atoms with van der Waals surface area (Å²) in [6.07, 6.45) is -2.72. The summed E-state index contributed by atoms with van der Waals surface area (Å²) in [4.78, 5) is 26.0. The van der Waals surface area contributed by atoms with E-state index in [1.807, 2.05) is 30.3 Å². The lowest BCUT2D eigenvalue weighted by Gasteiger charge is -2.23. The Labute approximate surface area is 188 Å². The maximum absolute atomic E-state index is 11.2. The van der Waals surface area contributed by atoms with Gasteiger partial charge in [-0.2, -0.15) is 9.97 Å². The molecule has 1 aromatic carbocycles. The van der Waals surface area contributed by atoms with E-state index >= 15 is 0 Å². The molecule has 12 heteroatoms. The average molecular weight is 458 g/mol. The van der Waals surface area contributed by atoms with Crippen molar-refractivity contribution in [2.24, 2.45) is 0 Å². The Bertz CT molecular complexity index is 1110. The minimum atomic E-state index is -1.32. The third kappa shape index (κ3) is 4.73. The number of aliphatic carboxylic acids is 1. The number of benzene rings is 1. The van der Waals surface area contributed by atoms with Gasteiger partial charge in [-0.15, -0.1) is 0 Å². The van der Waals surface area contributed by atoms with Crippen molar-refractivity contribution >= 4 is 28.9 Å². The van der Waals surface area contributed by atoms with Crippen LogP contribution in [0.1, 0.15) is 18.2 Å². The van der Waals surface area contributed by atoms with Gasteiger partial charge in [0.2, 0.25) is 5.95 Å². The molecule has 2 unspecified atom stereocenters. The Kier molecular flexibility index (Phi) is 6.70. The summed E-state index contributed by atoms with van der Waals surface area (Å²) >= 11 is 0. The van der Waals surface area contributed by atoms with Gasteiger partial charge in [0.05, 0.1) is 19.4 Å². The predicted octanol–water partition coefficient (Wildman–Crippen LogP) is -0.456. The molecule has 3 aromatic rings. The third-order valence-corrected chi connectivity index (χ3v) is 5.62. The van der Waals surface area contributed by atoms with Crippen molar-refractivity contribution in [2.45, 2.75) is 37.4 Å². The van der Waals surface area contributed by atoms with Crippen LogP contribution in [0.4, 0.5) is 11.8 Å². The average Bonchev–Trinajstić information content (AvgIpc) is 3.35. The highest BCUT2D eigenvalue weighted by Gasteiger charge is 2.44. The zero-order chi connectivity index (χ0) is 23.5. The summed E-state index contributed by atoms with van der Waals surface area (Å²) in [5.41, 5.74) is 7.73. The van der Waals surface area contributed by atoms with Crippen LogP contribution in [0.15, 0.2) is 36.7 Å². The number of nitrogens with two attached hydrogens (primary N) is 1. The zero-order valence-electron chi connectivity index (χ0n) is 17.7. The summed E-state index contributed by atoms with van der Waals surface area (Å²) in [5, 5.41) is 39.1. The molecule has 4 atom stereocenters. The quantitative estimate of drug-likeness (QED) is 0.280. The maximum Gasteiger partial charge on any atom is 0.305 e. The summed E-state index contributed by atoms with van der Waals surface area (Å²) in [6.45, 7) is 0.144. The number of ether oxygens (including phenoxy) is 1. The number of nitrogen functional groups attached to an aromatic ring is 1. The summed E-state index contributed by atoms with van der Waals surface area (Å²) in [7, 11) is 0. The lowest BCUT2D eigenvalue weighted by molar-refractivity contribution is -0.136. The van der Waals surface area contributed by atoms with Crippen LogP contribution in [0.3, 0.4) is 0 Å². The lowest BCUT2D eigenvalue weighted by Crippen LogP contribution is -2.33. The SMILES string of the molecule is Nc1nc(N(CCC(=O)O)CCc2ccccc2)nc2c1ncn2[C@@H]1O[C@H](CO)C(O)C1O. The van der Waals surface area contributed by atoms with Crippen molar-refractivity contribution in [2.75, 3.05) is 30.3 Å². The number of carbonyl (C=O) groups is 1. The normalized spacial score (nSPS) is 22.6. The fourth-order valence-corrected chi connectivity index (χ4v) is 3.82. The number of aromatic nitrogens is 4. The molecule has 6 N–H and O–H groups in total. The van der Waals surface area contributed by atoms with Crippen LogP contribution in [0.25, 0.3) is 11.2 Å². The van der Waals surface area contributed by atoms with Crippen molar-refractivity contribution in [1.29, 1.82) is 0 Å². The van der Waals surface area contributed by atoms with E-state index in [4.69, 9.17) is 10.5 Å². The zero-order valence-corrected chi connectivity index (χ0v) is 17.7. The molecule has 1 saturated heterocycles. The lowest BCUT2D eigenvalue weighted by atomic mass is 10.1. The fourth-order valence-electron chi connectivity index (χ4n) is 3.82. The Morgan fingerprint density at radius 3 is 2.58 bits per heavy atom. The highest BCUT2D eigenvalue weighted by Crippen LogP contribution is 2.32. The second kappa shape index (κ2) is 9.67. The number of carboxylic acid groups (broad SMARTS) is 1. The van der Waals surface area contributed by atoms with Gasteiger partial charge in [-0.25, -0.2) is 4.98 Å². The Morgan fingerprint density at radius 2 is 1.91 bits per heavy atom. The first-order valence-corrected chi connectivity index (χ1v) is 10.5. The van der Waals surface area contributed by atoms with Gasteiger partial charge in [0.25, 0.3) is 0 Å². The largest absolute Gasteiger partial charge is 0.481 e. The van der Waals surface area contributed by atoms with Crippen molar-refractivity contribution in [3.63, 3.8) is 0 Å². The fraction of sp³-hybridized carbons (Fsp3) is 0.429. The summed E-state index contributed by atoms with van der Waals surface area (Å²) in [6, 6.07) is 9.73. The number of aliphatic hydroxyl groups is 3. The predicted molar refractivity (Wildman–Crippen MR) is 117 cm³/mol. The van der Waals surface area contributed by atoms with Gasteiger partial charge in [0.15, 0.2) is 17.7 Å². The van der Waals surface area contributed by atoms with Gasteiger partial charge < -0.3 is 35.8 Å². The van der Waals surface area contributed by atoms with E-state index in [-0.39, 0.29) is 35.9 Å². The highest BCUT2D eigenvalue weighted by molar-refractivity contribution is 5.83. The van der Waals surface area contributed by atoms with E-state index < -0.39 is 37.1 Å². The molecule has 0 radical (unpaired) electrons. The van der Waals surface area contributed by atoms with Crippen LogP contribution in [-0.4, -0.2) is 83.9 Å². The third-order valence-electron chi connectivity index (χ3n) is 5.62. The number of nitrogens with zero attached hydrogens (tertiary/aromatic N) is 5. The molecule has 1 fully saturated rings. The van der Waals surface area contributed by atoms with Gasteiger partial charge in [-0.3, -0.25) is 9.36 Å². The van der Waals surface area contributed by atoms with Crippen molar-refractivity contribution in [3.8, 4) is 0 Å². The number of rotatable bonds is 9. The van der Waals surface area contributed by atoms with Crippen LogP contribution < -0.4 is 10.6 Å². The summed E-state index contributed by atoms with van der Waals surface area (Å²) in [5.74, 6) is -0.656. The van der Waals surface area contributed by atoms with Crippen LogP contribution >= 0.6 is 0 Å². The smallest absolute Gasteiger partial charge is 0.305 e. The van der Waals surface area contributed by atoms with Gasteiger partial charge in [0, 0.05) is 13.1 Å². The Balaban J connectivity index is 1.67. The molecule has 33 heavy (non-hydrogen) atoms. The number of aliphatic hydroxyl groups excluding tert-OH is 3. The molecule has 0 bridgehead atoms. The van der Waals surface area contributed by atoms with Crippen LogP contribution in [0.2, 0.25) is 0 Å². The number of hydrogen-bond donors (Lipinski definition) is 5. The van der Waals surface area contributed by atoms with E-state index in [1.54, 1.807) is 4.90 Å². The molecule has 4 rings (SSSR count). The van der Waals surface area contributed by atoms with Crippen LogP contribution in [0, 0.1) is 0 Å². The molecule has 0 saturated carbocycles. The van der Waals surface area contributed by atoms with Gasteiger partial charge in [-0.1, -0.05) is 30.3 Å². The van der Waals surface area contributed by atoms with Gasteiger partial charge in [-0.05, 0) is 12.0 Å². The van der Waals surface area contributed by atoms with E-state index in [1.165, 1.54) is 10.9 Å². The molecule has 1 aliphatic heterocycles. The molecule has 0 aliphatic carbocycles. The first-order valence-electron chi connectivity index (χ1n) is 10.5. The molecule has 0 spiro atoms. The molecule has 12 nitrogen and oxygen atoms in total. The van der Waals surface area contributed by atoms with Crippen molar-refractivity contribution in [3.05, 3.63) is 42.2 Å². The molecule has 3 heterocycles. The minimum absolute atomic E-state index is 0.0838. The molecular formula is C21H26N6O6. The number of imidazole rings is 1.